The van der Waals surface area contributed by atoms with Crippen molar-refractivity contribution in [3.05, 3.63) is 30.1 Å². The number of hydrogen-bond acceptors (Lipinski definition) is 3. The molecule has 0 aliphatic carbocycles. The first-order valence-corrected chi connectivity index (χ1v) is 9.31. The van der Waals surface area contributed by atoms with E-state index in [2.05, 4.69) is 24.5 Å². The molecule has 0 bridgehead atoms. The van der Waals surface area contributed by atoms with Crippen molar-refractivity contribution in [3.8, 4) is 0 Å². The van der Waals surface area contributed by atoms with Gasteiger partial charge in [-0.2, -0.15) is 0 Å². The Morgan fingerprint density at radius 2 is 1.96 bits per heavy atom. The fourth-order valence-corrected chi connectivity index (χ4v) is 3.72. The molecule has 2 N–H and O–H groups in total. The number of piperazine rings is 1. The van der Waals surface area contributed by atoms with E-state index >= 15 is 0 Å². The first kappa shape index (κ1) is 21.4. The lowest BCUT2D eigenvalue weighted by molar-refractivity contribution is -0.140. The predicted molar refractivity (Wildman–Crippen MR) is 106 cm³/mol. The average Bonchev–Trinajstić information content (AvgIpc) is 2.65. The van der Waals surface area contributed by atoms with Crippen LogP contribution < -0.4 is 10.6 Å². The van der Waals surface area contributed by atoms with Crippen molar-refractivity contribution >= 4 is 30.0 Å². The van der Waals surface area contributed by atoms with Crippen LogP contribution in [0.2, 0.25) is 0 Å². The first-order chi connectivity index (χ1) is 12.5. The highest BCUT2D eigenvalue weighted by Gasteiger charge is 2.35. The van der Waals surface area contributed by atoms with Gasteiger partial charge in [0.25, 0.3) is 0 Å². The molecule has 2 aliphatic rings. The van der Waals surface area contributed by atoms with Crippen LogP contribution in [0.5, 0.6) is 0 Å². The quantitative estimate of drug-likeness (QED) is 0.805. The molecule has 0 spiro atoms. The number of amides is 3. The van der Waals surface area contributed by atoms with Crippen LogP contribution in [0.1, 0.15) is 26.7 Å². The number of nitrogens with zero attached hydrogens (tertiary/aromatic N) is 2. The summed E-state index contributed by atoms with van der Waals surface area (Å²) in [6.07, 6.45) is 1.56. The summed E-state index contributed by atoms with van der Waals surface area (Å²) < 4.78 is 13.7. The van der Waals surface area contributed by atoms with Crippen molar-refractivity contribution in [2.24, 2.45) is 5.92 Å². The minimum Gasteiger partial charge on any atom is -0.337 e. The van der Waals surface area contributed by atoms with E-state index in [1.165, 1.54) is 12.1 Å². The topological polar surface area (TPSA) is 64.7 Å². The molecule has 0 saturated carbocycles. The molecule has 3 rings (SSSR count). The van der Waals surface area contributed by atoms with Crippen LogP contribution in [0, 0.1) is 11.7 Å². The Labute approximate surface area is 165 Å². The number of likely N-dealkylation sites (tertiary alicyclic amines) is 1. The number of piperidine rings is 1. The Kier molecular flexibility index (Phi) is 7.44. The molecule has 150 valence electrons. The second-order valence-corrected chi connectivity index (χ2v) is 7.21. The summed E-state index contributed by atoms with van der Waals surface area (Å²) in [4.78, 5) is 29.0. The molecule has 1 aromatic carbocycles. The number of halogens is 2. The van der Waals surface area contributed by atoms with Crippen molar-refractivity contribution < 1.29 is 14.0 Å². The summed E-state index contributed by atoms with van der Waals surface area (Å²) in [5, 5.41) is 5.99. The highest BCUT2D eigenvalue weighted by atomic mass is 35.5. The lowest BCUT2D eigenvalue weighted by Crippen LogP contribution is -2.59. The lowest BCUT2D eigenvalue weighted by Gasteiger charge is -2.42. The smallest absolute Gasteiger partial charge is 0.321 e. The van der Waals surface area contributed by atoms with E-state index < -0.39 is 5.82 Å². The number of carbonyl (C=O) groups is 2. The van der Waals surface area contributed by atoms with Crippen molar-refractivity contribution in [1.82, 2.24) is 15.1 Å². The molecule has 3 atom stereocenters. The minimum absolute atomic E-state index is 0. The van der Waals surface area contributed by atoms with E-state index in [4.69, 9.17) is 0 Å². The second-order valence-electron chi connectivity index (χ2n) is 7.21. The number of para-hydroxylation sites is 1. The number of nitrogens with one attached hydrogen (secondary N) is 2. The van der Waals surface area contributed by atoms with Gasteiger partial charge in [0.15, 0.2) is 0 Å². The molecule has 2 heterocycles. The average molecular weight is 399 g/mol. The number of hydrogen-bond donors (Lipinski definition) is 2. The summed E-state index contributed by atoms with van der Waals surface area (Å²) in [6, 6.07) is 6.14. The predicted octanol–water partition coefficient (Wildman–Crippen LogP) is 2.70. The van der Waals surface area contributed by atoms with Gasteiger partial charge >= 0.3 is 6.03 Å². The maximum absolute atomic E-state index is 13.7. The Balaban J connectivity index is 0.00000261. The maximum Gasteiger partial charge on any atom is 0.321 e. The zero-order chi connectivity index (χ0) is 18.7. The van der Waals surface area contributed by atoms with Gasteiger partial charge in [0.05, 0.1) is 11.6 Å². The molecule has 27 heavy (non-hydrogen) atoms. The fourth-order valence-electron chi connectivity index (χ4n) is 3.72. The Hall–Kier alpha value is -1.86. The summed E-state index contributed by atoms with van der Waals surface area (Å²) in [5.74, 6) is -0.536. The highest BCUT2D eigenvalue weighted by Crippen LogP contribution is 2.23. The molecule has 0 aromatic heterocycles. The van der Waals surface area contributed by atoms with Crippen molar-refractivity contribution in [2.45, 2.75) is 38.8 Å². The van der Waals surface area contributed by atoms with Gasteiger partial charge in [0, 0.05) is 38.3 Å². The van der Waals surface area contributed by atoms with Crippen LogP contribution in [-0.4, -0.2) is 60.0 Å². The Morgan fingerprint density at radius 1 is 1.22 bits per heavy atom. The number of rotatable bonds is 2. The van der Waals surface area contributed by atoms with E-state index in [1.54, 1.807) is 17.0 Å². The third kappa shape index (κ3) is 4.90. The molecule has 1 aromatic rings. The van der Waals surface area contributed by atoms with Crippen molar-refractivity contribution in [2.75, 3.05) is 31.5 Å². The van der Waals surface area contributed by atoms with Gasteiger partial charge in [-0.25, -0.2) is 9.18 Å². The highest BCUT2D eigenvalue weighted by molar-refractivity contribution is 5.90. The molecule has 3 amide bonds. The minimum atomic E-state index is -0.464. The normalized spacial score (nSPS) is 25.5. The third-order valence-corrected chi connectivity index (χ3v) is 5.49. The summed E-state index contributed by atoms with van der Waals surface area (Å²) in [6.45, 7) is 6.59. The van der Waals surface area contributed by atoms with Crippen LogP contribution in [0.15, 0.2) is 24.3 Å². The second kappa shape index (κ2) is 9.37. The molecule has 6 nitrogen and oxygen atoms in total. The summed E-state index contributed by atoms with van der Waals surface area (Å²) >= 11 is 0. The van der Waals surface area contributed by atoms with E-state index in [0.29, 0.717) is 19.6 Å². The Bertz CT molecular complexity index is 675. The van der Waals surface area contributed by atoms with Gasteiger partial charge in [-0.05, 0) is 38.8 Å². The van der Waals surface area contributed by atoms with E-state index in [-0.39, 0.29) is 48.0 Å². The standard InChI is InChI=1S/C19H27FN4O2.ClH/c1-13-14(2)24(11-9-21-13)18(25)15-6-5-10-23(12-15)19(26)22-17-8-4-3-7-16(17)20;/h3-4,7-8,13-15,21H,5-6,9-12H2,1-2H3,(H,22,26);1H. The van der Waals surface area contributed by atoms with Gasteiger partial charge in [0.1, 0.15) is 5.82 Å². The zero-order valence-corrected chi connectivity index (χ0v) is 16.6. The molecule has 2 fully saturated rings. The summed E-state index contributed by atoms with van der Waals surface area (Å²) in [5.41, 5.74) is 0.163. The van der Waals surface area contributed by atoms with Crippen molar-refractivity contribution in [3.63, 3.8) is 0 Å². The largest absolute Gasteiger partial charge is 0.337 e. The van der Waals surface area contributed by atoms with Crippen LogP contribution in [-0.2, 0) is 4.79 Å². The third-order valence-electron chi connectivity index (χ3n) is 5.49. The van der Waals surface area contributed by atoms with E-state index in [1.807, 2.05) is 4.90 Å². The van der Waals surface area contributed by atoms with Gasteiger partial charge in [-0.3, -0.25) is 4.79 Å². The van der Waals surface area contributed by atoms with E-state index in [9.17, 15) is 14.0 Å². The first-order valence-electron chi connectivity index (χ1n) is 9.31. The lowest BCUT2D eigenvalue weighted by atomic mass is 9.94. The van der Waals surface area contributed by atoms with Gasteiger partial charge in [-0.15, -0.1) is 12.4 Å². The van der Waals surface area contributed by atoms with Crippen LogP contribution in [0.3, 0.4) is 0 Å². The Morgan fingerprint density at radius 3 is 2.70 bits per heavy atom. The number of benzene rings is 1. The molecular weight excluding hydrogens is 371 g/mol. The number of anilines is 1. The molecule has 2 saturated heterocycles. The number of urea groups is 1. The molecule has 2 aliphatic heterocycles. The summed E-state index contributed by atoms with van der Waals surface area (Å²) in [7, 11) is 0. The molecule has 0 radical (unpaired) electrons. The van der Waals surface area contributed by atoms with Crippen LogP contribution in [0.4, 0.5) is 14.9 Å². The van der Waals surface area contributed by atoms with Gasteiger partial charge in [-0.1, -0.05) is 12.1 Å². The zero-order valence-electron chi connectivity index (χ0n) is 15.8. The van der Waals surface area contributed by atoms with Gasteiger partial charge < -0.3 is 20.4 Å². The van der Waals surface area contributed by atoms with Gasteiger partial charge in [0.2, 0.25) is 5.91 Å². The molecular formula is C19H28ClFN4O2. The van der Waals surface area contributed by atoms with Crippen molar-refractivity contribution in [1.29, 1.82) is 0 Å². The fraction of sp³-hybridized carbons (Fsp3) is 0.579. The number of carbonyl (C=O) groups excluding carboxylic acids is 2. The van der Waals surface area contributed by atoms with Crippen LogP contribution >= 0.6 is 12.4 Å². The molecule has 3 unspecified atom stereocenters. The van der Waals surface area contributed by atoms with Crippen LogP contribution in [0.25, 0.3) is 0 Å². The maximum atomic E-state index is 13.7. The monoisotopic (exact) mass is 398 g/mol. The van der Waals surface area contributed by atoms with E-state index in [0.717, 1.165) is 19.4 Å². The molecule has 8 heteroatoms. The SMILES string of the molecule is CC1NCCN(C(=O)C2CCCN(C(=O)Nc3ccccc3F)C2)C1C.Cl.